The topological polar surface area (TPSA) is 101 Å². The highest BCUT2D eigenvalue weighted by molar-refractivity contribution is 7.92. The average Bonchev–Trinajstić information content (AvgIpc) is 3.43. The zero-order valence-electron chi connectivity index (χ0n) is 24.2. The summed E-state index contributed by atoms with van der Waals surface area (Å²) in [5, 5.41) is 2.22. The van der Waals surface area contributed by atoms with Gasteiger partial charge in [-0.05, 0) is 47.4 Å². The van der Waals surface area contributed by atoms with Gasteiger partial charge in [-0.1, -0.05) is 54.6 Å². The summed E-state index contributed by atoms with van der Waals surface area (Å²) in [5.74, 6) is 0.812. The number of benzene rings is 3. The number of fused-ring (bicyclic) bond motifs is 1. The summed E-state index contributed by atoms with van der Waals surface area (Å²) in [6.45, 7) is 0.506. The predicted octanol–water partition coefficient (Wildman–Crippen LogP) is 4.71. The van der Waals surface area contributed by atoms with E-state index < -0.39 is 10.0 Å². The minimum atomic E-state index is -3.92. The molecule has 3 aromatic carbocycles. The molecule has 0 atom stereocenters. The average molecular weight is 592 g/mol. The van der Waals surface area contributed by atoms with Crippen LogP contribution in [0.2, 0.25) is 0 Å². The molecule has 0 saturated heterocycles. The van der Waals surface area contributed by atoms with Crippen LogP contribution in [0.25, 0.3) is 17.0 Å². The van der Waals surface area contributed by atoms with Gasteiger partial charge in [-0.3, -0.25) is 4.79 Å². The van der Waals surface area contributed by atoms with Crippen molar-refractivity contribution in [2.24, 2.45) is 0 Å². The second-order valence-electron chi connectivity index (χ2n) is 9.70. The summed E-state index contributed by atoms with van der Waals surface area (Å²) in [5.41, 5.74) is 3.67. The van der Waals surface area contributed by atoms with Crippen LogP contribution in [-0.2, 0) is 32.5 Å². The number of nitrogens with one attached hydrogen (secondary N) is 1. The molecule has 1 aromatic heterocycles. The number of hydrogen-bond donors (Lipinski definition) is 1. The maximum absolute atomic E-state index is 13.8. The molecule has 0 aliphatic carbocycles. The molecule has 0 spiro atoms. The summed E-state index contributed by atoms with van der Waals surface area (Å²) in [6.07, 6.45) is 4.06. The number of sulfonamides is 1. The molecular weight excluding hydrogens is 554 g/mol. The van der Waals surface area contributed by atoms with Crippen LogP contribution in [0.15, 0.2) is 84.4 Å². The zero-order chi connectivity index (χ0) is 30.0. The number of amides is 1. The van der Waals surface area contributed by atoms with Crippen molar-refractivity contribution in [1.29, 1.82) is 0 Å². The first kappa shape index (κ1) is 30.8. The molecule has 0 unspecified atom stereocenters. The van der Waals surface area contributed by atoms with Crippen molar-refractivity contribution in [1.82, 2.24) is 14.2 Å². The minimum Gasteiger partial charge on any atom is -0.493 e. The molecule has 1 heterocycles. The Morgan fingerprint density at radius 3 is 2.38 bits per heavy atom. The molecule has 222 valence electrons. The lowest BCUT2D eigenvalue weighted by atomic mass is 10.1. The van der Waals surface area contributed by atoms with Gasteiger partial charge in [-0.2, -0.15) is 4.31 Å². The van der Waals surface area contributed by atoms with Gasteiger partial charge in [0.25, 0.3) is 0 Å². The highest BCUT2D eigenvalue weighted by Crippen LogP contribution is 2.28. The molecule has 0 bridgehead atoms. The standard InChI is InChI=1S/C32H37N3O6S/c1-39-19-18-35(42(37,38)20-16-25-9-5-4-6-10-25)24-32(36)34(23-26-13-14-30(40-2)31(21-26)41-3)17-15-27-22-33-29-12-8-7-11-28(27)29/h4-14,16,20-22,33H,15,17-19,23-24H2,1-3H3. The highest BCUT2D eigenvalue weighted by Gasteiger charge is 2.25. The van der Waals surface area contributed by atoms with E-state index in [-0.39, 0.29) is 32.1 Å². The number of H-pyrrole nitrogens is 1. The van der Waals surface area contributed by atoms with E-state index in [2.05, 4.69) is 4.98 Å². The number of aromatic nitrogens is 1. The van der Waals surface area contributed by atoms with E-state index in [1.54, 1.807) is 25.2 Å². The van der Waals surface area contributed by atoms with E-state index in [9.17, 15) is 13.2 Å². The van der Waals surface area contributed by atoms with E-state index in [0.29, 0.717) is 24.5 Å². The number of ether oxygens (including phenoxy) is 3. The lowest BCUT2D eigenvalue weighted by molar-refractivity contribution is -0.132. The van der Waals surface area contributed by atoms with Gasteiger partial charge in [-0.25, -0.2) is 8.42 Å². The van der Waals surface area contributed by atoms with Crippen LogP contribution >= 0.6 is 0 Å². The summed E-state index contributed by atoms with van der Waals surface area (Å²) >= 11 is 0. The van der Waals surface area contributed by atoms with E-state index in [1.165, 1.54) is 13.2 Å². The fraction of sp³-hybridized carbons (Fsp3) is 0.281. The Hall–Kier alpha value is -4.12. The third-order valence-corrected chi connectivity index (χ3v) is 8.46. The molecule has 0 fully saturated rings. The van der Waals surface area contributed by atoms with Crippen LogP contribution < -0.4 is 9.47 Å². The smallest absolute Gasteiger partial charge is 0.238 e. The fourth-order valence-electron chi connectivity index (χ4n) is 4.64. The molecule has 1 N–H and O–H groups in total. The molecule has 42 heavy (non-hydrogen) atoms. The number of carbonyl (C=O) groups excluding carboxylic acids is 1. The second kappa shape index (κ2) is 14.7. The van der Waals surface area contributed by atoms with Gasteiger partial charge in [0.15, 0.2) is 11.5 Å². The molecule has 0 aliphatic heterocycles. The van der Waals surface area contributed by atoms with E-state index in [1.807, 2.05) is 72.9 Å². The zero-order valence-corrected chi connectivity index (χ0v) is 25.0. The third-order valence-electron chi connectivity index (χ3n) is 6.95. The van der Waals surface area contributed by atoms with Crippen molar-refractivity contribution in [3.05, 3.63) is 101 Å². The number of carbonyl (C=O) groups is 1. The Morgan fingerprint density at radius 2 is 1.64 bits per heavy atom. The van der Waals surface area contributed by atoms with E-state index in [0.717, 1.165) is 37.3 Å². The number of para-hydroxylation sites is 1. The largest absolute Gasteiger partial charge is 0.493 e. The van der Waals surface area contributed by atoms with Crippen LogP contribution in [0, 0.1) is 0 Å². The van der Waals surface area contributed by atoms with Crippen LogP contribution in [0.4, 0.5) is 0 Å². The van der Waals surface area contributed by atoms with Crippen molar-refractivity contribution < 1.29 is 27.4 Å². The molecule has 1 amide bonds. The van der Waals surface area contributed by atoms with Gasteiger partial charge in [0.05, 0.1) is 27.4 Å². The maximum Gasteiger partial charge on any atom is 0.238 e. The van der Waals surface area contributed by atoms with Crippen LogP contribution in [-0.4, -0.2) is 76.1 Å². The minimum absolute atomic E-state index is 0.0380. The molecule has 4 rings (SSSR count). The summed E-state index contributed by atoms with van der Waals surface area (Å²) in [6, 6.07) is 22.6. The third kappa shape index (κ3) is 8.00. The number of methoxy groups -OCH3 is 3. The lowest BCUT2D eigenvalue weighted by Crippen LogP contribution is -2.43. The number of aromatic amines is 1. The highest BCUT2D eigenvalue weighted by atomic mass is 32.2. The summed E-state index contributed by atoms with van der Waals surface area (Å²) in [4.78, 5) is 18.8. The van der Waals surface area contributed by atoms with Gasteiger partial charge in [-0.15, -0.1) is 0 Å². The normalized spacial score (nSPS) is 11.8. The molecule has 9 nitrogen and oxygen atoms in total. The quantitative estimate of drug-likeness (QED) is 0.215. The van der Waals surface area contributed by atoms with Crippen LogP contribution in [0.3, 0.4) is 0 Å². The first-order valence-electron chi connectivity index (χ1n) is 13.6. The van der Waals surface area contributed by atoms with Gasteiger partial charge < -0.3 is 24.1 Å². The van der Waals surface area contributed by atoms with Crippen molar-refractivity contribution in [2.75, 3.05) is 47.6 Å². The summed E-state index contributed by atoms with van der Waals surface area (Å²) < 4.78 is 43.9. The van der Waals surface area contributed by atoms with Gasteiger partial charge in [0, 0.05) is 49.3 Å². The monoisotopic (exact) mass is 591 g/mol. The lowest BCUT2D eigenvalue weighted by Gasteiger charge is -2.27. The molecular formula is C32H37N3O6S. The molecule has 4 aromatic rings. The van der Waals surface area contributed by atoms with Gasteiger partial charge in [0.2, 0.25) is 15.9 Å². The van der Waals surface area contributed by atoms with E-state index in [4.69, 9.17) is 14.2 Å². The van der Waals surface area contributed by atoms with Gasteiger partial charge in [0.1, 0.15) is 0 Å². The number of nitrogens with zero attached hydrogens (tertiary/aromatic N) is 2. The van der Waals surface area contributed by atoms with Crippen molar-refractivity contribution >= 4 is 32.9 Å². The van der Waals surface area contributed by atoms with Crippen molar-refractivity contribution in [2.45, 2.75) is 13.0 Å². The van der Waals surface area contributed by atoms with Crippen molar-refractivity contribution in [3.63, 3.8) is 0 Å². The van der Waals surface area contributed by atoms with Crippen LogP contribution in [0.5, 0.6) is 11.5 Å². The Labute approximate surface area is 247 Å². The number of hydrogen-bond acceptors (Lipinski definition) is 6. The molecule has 0 saturated carbocycles. The fourth-order valence-corrected chi connectivity index (χ4v) is 5.76. The molecule has 0 radical (unpaired) electrons. The Bertz CT molecular complexity index is 1600. The predicted molar refractivity (Wildman–Crippen MR) is 165 cm³/mol. The Morgan fingerprint density at radius 1 is 0.905 bits per heavy atom. The first-order valence-corrected chi connectivity index (χ1v) is 15.1. The van der Waals surface area contributed by atoms with Crippen LogP contribution in [0.1, 0.15) is 16.7 Å². The Kier molecular flexibility index (Phi) is 10.8. The number of rotatable bonds is 15. The molecule has 10 heteroatoms. The van der Waals surface area contributed by atoms with Crippen molar-refractivity contribution in [3.8, 4) is 11.5 Å². The first-order chi connectivity index (χ1) is 20.3. The summed E-state index contributed by atoms with van der Waals surface area (Å²) in [7, 11) is 0.704. The second-order valence-corrected chi connectivity index (χ2v) is 11.5. The maximum atomic E-state index is 13.8. The van der Waals surface area contributed by atoms with Gasteiger partial charge >= 0.3 is 0 Å². The Balaban J connectivity index is 1.58. The van der Waals surface area contributed by atoms with E-state index >= 15 is 0 Å². The SMILES string of the molecule is COCCN(CC(=O)N(CCc1c[nH]c2ccccc12)Cc1ccc(OC)c(OC)c1)S(=O)(=O)C=Cc1ccccc1. The molecule has 0 aliphatic rings.